The molecule has 0 aliphatic heterocycles. The van der Waals surface area contributed by atoms with Gasteiger partial charge in [-0.15, -0.1) is 0 Å². The molecule has 0 amide bonds. The number of aryl methyl sites for hydroxylation is 2. The molecule has 1 N–H and O–H groups in total. The van der Waals surface area contributed by atoms with E-state index >= 15 is 0 Å². The molecule has 17 heavy (non-hydrogen) atoms. The van der Waals surface area contributed by atoms with Crippen molar-refractivity contribution in [2.45, 2.75) is 45.7 Å². The molecule has 0 saturated carbocycles. The van der Waals surface area contributed by atoms with E-state index in [1.807, 2.05) is 0 Å². The van der Waals surface area contributed by atoms with Crippen LogP contribution in [0.2, 0.25) is 0 Å². The lowest BCUT2D eigenvalue weighted by atomic mass is 10.0. The summed E-state index contributed by atoms with van der Waals surface area (Å²) < 4.78 is 5.12. The average Bonchev–Trinajstić information content (AvgIpc) is 2.27. The highest BCUT2D eigenvalue weighted by Gasteiger charge is 2.07. The van der Waals surface area contributed by atoms with Crippen LogP contribution in [0.25, 0.3) is 0 Å². The van der Waals surface area contributed by atoms with E-state index in [-0.39, 0.29) is 0 Å². The van der Waals surface area contributed by atoms with Gasteiger partial charge in [0.15, 0.2) is 0 Å². The topological polar surface area (TPSA) is 21.3 Å². The van der Waals surface area contributed by atoms with Gasteiger partial charge in [0.1, 0.15) is 0 Å². The van der Waals surface area contributed by atoms with Crippen LogP contribution in [0, 0.1) is 6.92 Å². The highest BCUT2D eigenvalue weighted by Crippen LogP contribution is 2.08. The van der Waals surface area contributed by atoms with Crippen LogP contribution in [-0.2, 0) is 11.2 Å². The Hall–Kier alpha value is -0.860. The molecule has 0 saturated heterocycles. The monoisotopic (exact) mass is 235 g/mol. The maximum absolute atomic E-state index is 5.12. The highest BCUT2D eigenvalue weighted by molar-refractivity contribution is 5.22. The fourth-order valence-electron chi connectivity index (χ4n) is 2.12. The van der Waals surface area contributed by atoms with Gasteiger partial charge in [-0.3, -0.25) is 0 Å². The van der Waals surface area contributed by atoms with Crippen molar-refractivity contribution in [3.8, 4) is 0 Å². The predicted molar refractivity (Wildman–Crippen MR) is 73.4 cm³/mol. The summed E-state index contributed by atoms with van der Waals surface area (Å²) in [6.45, 7) is 7.31. The summed E-state index contributed by atoms with van der Waals surface area (Å²) in [4.78, 5) is 0. The third-order valence-corrected chi connectivity index (χ3v) is 2.93. The van der Waals surface area contributed by atoms with Gasteiger partial charge >= 0.3 is 0 Å². The summed E-state index contributed by atoms with van der Waals surface area (Å²) >= 11 is 0. The second-order valence-corrected chi connectivity index (χ2v) is 4.95. The molecule has 2 nitrogen and oxygen atoms in total. The van der Waals surface area contributed by atoms with Crippen LogP contribution >= 0.6 is 0 Å². The van der Waals surface area contributed by atoms with E-state index in [0.29, 0.717) is 12.1 Å². The van der Waals surface area contributed by atoms with Crippen molar-refractivity contribution >= 4 is 0 Å². The first-order valence-corrected chi connectivity index (χ1v) is 6.42. The van der Waals surface area contributed by atoms with Crippen molar-refractivity contribution in [2.75, 3.05) is 13.7 Å². The van der Waals surface area contributed by atoms with Gasteiger partial charge in [-0.2, -0.15) is 0 Å². The van der Waals surface area contributed by atoms with Crippen LogP contribution in [0.1, 0.15) is 31.4 Å². The summed E-state index contributed by atoms with van der Waals surface area (Å²) in [5.41, 5.74) is 2.77. The molecule has 2 unspecified atom stereocenters. The molecule has 0 heterocycles. The lowest BCUT2D eigenvalue weighted by molar-refractivity contribution is 0.167. The molecule has 0 aromatic heterocycles. The van der Waals surface area contributed by atoms with Gasteiger partial charge < -0.3 is 10.1 Å². The molecule has 0 spiro atoms. The third-order valence-electron chi connectivity index (χ3n) is 2.93. The van der Waals surface area contributed by atoms with Crippen LogP contribution in [0.5, 0.6) is 0 Å². The molecule has 1 aromatic rings. The van der Waals surface area contributed by atoms with Gasteiger partial charge in [0.25, 0.3) is 0 Å². The van der Waals surface area contributed by atoms with Crippen molar-refractivity contribution in [3.63, 3.8) is 0 Å². The van der Waals surface area contributed by atoms with Crippen LogP contribution < -0.4 is 5.32 Å². The van der Waals surface area contributed by atoms with Crippen molar-refractivity contribution < 1.29 is 4.74 Å². The van der Waals surface area contributed by atoms with E-state index in [4.69, 9.17) is 4.74 Å². The summed E-state index contributed by atoms with van der Waals surface area (Å²) in [5.74, 6) is 0. The summed E-state index contributed by atoms with van der Waals surface area (Å²) in [5, 5.41) is 3.54. The van der Waals surface area contributed by atoms with Crippen molar-refractivity contribution in [2.24, 2.45) is 0 Å². The number of hydrogen-bond acceptors (Lipinski definition) is 2. The van der Waals surface area contributed by atoms with Crippen LogP contribution in [-0.4, -0.2) is 25.8 Å². The molecular formula is C15H25NO. The second-order valence-electron chi connectivity index (χ2n) is 4.95. The normalized spacial score (nSPS) is 14.6. The Bertz CT molecular complexity index is 324. The van der Waals surface area contributed by atoms with E-state index in [1.54, 1.807) is 7.11 Å². The quantitative estimate of drug-likeness (QED) is 0.784. The first kappa shape index (κ1) is 14.2. The summed E-state index contributed by atoms with van der Waals surface area (Å²) in [6, 6.07) is 9.71. The third kappa shape index (κ3) is 5.85. The number of rotatable bonds is 7. The second kappa shape index (κ2) is 7.46. The number of methoxy groups -OCH3 is 1. The zero-order valence-corrected chi connectivity index (χ0v) is 11.5. The van der Waals surface area contributed by atoms with Gasteiger partial charge in [-0.25, -0.2) is 0 Å². The Morgan fingerprint density at radius 1 is 1.24 bits per heavy atom. The Labute approximate surface area is 105 Å². The Morgan fingerprint density at radius 3 is 2.65 bits per heavy atom. The van der Waals surface area contributed by atoms with Crippen LogP contribution in [0.15, 0.2) is 24.3 Å². The van der Waals surface area contributed by atoms with Crippen LogP contribution in [0.4, 0.5) is 0 Å². The molecule has 2 heteroatoms. The molecule has 0 aliphatic rings. The Kier molecular flexibility index (Phi) is 6.23. The molecule has 0 bridgehead atoms. The minimum absolute atomic E-state index is 0.424. The van der Waals surface area contributed by atoms with Gasteiger partial charge in [-0.05, 0) is 39.2 Å². The van der Waals surface area contributed by atoms with Crippen molar-refractivity contribution in [1.29, 1.82) is 0 Å². The van der Waals surface area contributed by atoms with E-state index < -0.39 is 0 Å². The predicted octanol–water partition coefficient (Wildman–Crippen LogP) is 2.94. The zero-order valence-electron chi connectivity index (χ0n) is 11.5. The fraction of sp³-hybridized carbons (Fsp3) is 0.600. The molecule has 1 aromatic carbocycles. The van der Waals surface area contributed by atoms with Gasteiger partial charge in [0.05, 0.1) is 6.61 Å². The van der Waals surface area contributed by atoms with Crippen molar-refractivity contribution in [1.82, 2.24) is 5.32 Å². The maximum atomic E-state index is 5.12. The number of hydrogen-bond donors (Lipinski definition) is 1. The van der Waals surface area contributed by atoms with Gasteiger partial charge in [-0.1, -0.05) is 29.8 Å². The number of ether oxygens (including phenoxy) is 1. The number of benzene rings is 1. The minimum Gasteiger partial charge on any atom is -0.383 e. The largest absolute Gasteiger partial charge is 0.383 e. The highest BCUT2D eigenvalue weighted by atomic mass is 16.5. The molecule has 0 aliphatic carbocycles. The lowest BCUT2D eigenvalue weighted by Crippen LogP contribution is -2.37. The average molecular weight is 235 g/mol. The van der Waals surface area contributed by atoms with Gasteiger partial charge in [0, 0.05) is 19.2 Å². The first-order valence-electron chi connectivity index (χ1n) is 6.42. The Balaban J connectivity index is 2.30. The van der Waals surface area contributed by atoms with Crippen molar-refractivity contribution in [3.05, 3.63) is 35.4 Å². The smallest absolute Gasteiger partial charge is 0.0613 e. The summed E-state index contributed by atoms with van der Waals surface area (Å²) in [7, 11) is 1.75. The minimum atomic E-state index is 0.424. The van der Waals surface area contributed by atoms with Gasteiger partial charge in [0.2, 0.25) is 0 Å². The van der Waals surface area contributed by atoms with Crippen LogP contribution in [0.3, 0.4) is 0 Å². The van der Waals surface area contributed by atoms with E-state index in [9.17, 15) is 0 Å². The summed E-state index contributed by atoms with van der Waals surface area (Å²) in [6.07, 6.45) is 2.30. The fourth-order valence-corrected chi connectivity index (χ4v) is 2.12. The molecule has 0 radical (unpaired) electrons. The molecular weight excluding hydrogens is 210 g/mol. The molecule has 1 rings (SSSR count). The molecule has 0 fully saturated rings. The molecule has 96 valence electrons. The Morgan fingerprint density at radius 2 is 2.00 bits per heavy atom. The maximum Gasteiger partial charge on any atom is 0.0613 e. The van der Waals surface area contributed by atoms with E-state index in [1.165, 1.54) is 11.1 Å². The zero-order chi connectivity index (χ0) is 12.7. The van der Waals surface area contributed by atoms with E-state index in [2.05, 4.69) is 50.4 Å². The van der Waals surface area contributed by atoms with E-state index in [0.717, 1.165) is 19.4 Å². The SMILES string of the molecule is COCC(C)NC(C)CCc1cccc(C)c1. The first-order chi connectivity index (χ1) is 8.11. The lowest BCUT2D eigenvalue weighted by Gasteiger charge is -2.19. The standard InChI is InChI=1S/C15H25NO/c1-12-6-5-7-15(10-12)9-8-13(2)16-14(3)11-17-4/h5-7,10,13-14,16H,8-9,11H2,1-4H3. The molecule has 2 atom stereocenters. The number of nitrogens with one attached hydrogen (secondary N) is 1.